The molecular weight excluding hydrogens is 210 g/mol. The van der Waals surface area contributed by atoms with E-state index in [0.717, 1.165) is 6.42 Å². The van der Waals surface area contributed by atoms with Crippen LogP contribution in [0.25, 0.3) is 0 Å². The van der Waals surface area contributed by atoms with Crippen molar-refractivity contribution in [1.82, 2.24) is 5.32 Å². The molecule has 0 aromatic carbocycles. The van der Waals surface area contributed by atoms with E-state index in [1.54, 1.807) is 11.3 Å². The molecule has 1 aromatic heterocycles. The van der Waals surface area contributed by atoms with Crippen molar-refractivity contribution in [3.63, 3.8) is 0 Å². The summed E-state index contributed by atoms with van der Waals surface area (Å²) in [5.74, 6) is 0. The minimum Gasteiger partial charge on any atom is -0.394 e. The van der Waals surface area contributed by atoms with E-state index in [1.807, 2.05) is 0 Å². The molecule has 4 heteroatoms. The van der Waals surface area contributed by atoms with Gasteiger partial charge in [0.2, 0.25) is 0 Å². The van der Waals surface area contributed by atoms with E-state index in [1.165, 1.54) is 9.75 Å². The Bertz CT molecular complexity index is 288. The Hall–Kier alpha value is -0.420. The Morgan fingerprint density at radius 1 is 1.47 bits per heavy atom. The Balaban J connectivity index is 2.27. The van der Waals surface area contributed by atoms with Crippen molar-refractivity contribution in [1.29, 1.82) is 0 Å². The van der Waals surface area contributed by atoms with Crippen LogP contribution in [0.4, 0.5) is 0 Å². The van der Waals surface area contributed by atoms with Gasteiger partial charge in [0.25, 0.3) is 0 Å². The van der Waals surface area contributed by atoms with Crippen molar-refractivity contribution in [3.8, 4) is 0 Å². The number of aryl methyl sites for hydroxylation is 1. The molecule has 0 amide bonds. The first-order valence-corrected chi connectivity index (χ1v) is 6.01. The van der Waals surface area contributed by atoms with Gasteiger partial charge in [-0.3, -0.25) is 0 Å². The Kier molecular flexibility index (Phi) is 5.25. The summed E-state index contributed by atoms with van der Waals surface area (Å²) in [5, 5.41) is 21.0. The van der Waals surface area contributed by atoms with Gasteiger partial charge in [0.05, 0.1) is 12.7 Å². The van der Waals surface area contributed by atoms with E-state index >= 15 is 0 Å². The fourth-order valence-electron chi connectivity index (χ4n) is 1.37. The summed E-state index contributed by atoms with van der Waals surface area (Å²) in [7, 11) is 0. The van der Waals surface area contributed by atoms with Gasteiger partial charge in [-0.05, 0) is 32.4 Å². The summed E-state index contributed by atoms with van der Waals surface area (Å²) in [6, 6.07) is 4.58. The lowest BCUT2D eigenvalue weighted by atomic mass is 10.2. The number of hydrogen-bond acceptors (Lipinski definition) is 4. The monoisotopic (exact) mass is 229 g/mol. The van der Waals surface area contributed by atoms with Crippen molar-refractivity contribution in [2.45, 2.75) is 32.4 Å². The third kappa shape index (κ3) is 4.75. The van der Waals surface area contributed by atoms with Crippen molar-refractivity contribution in [2.24, 2.45) is 0 Å². The zero-order chi connectivity index (χ0) is 11.3. The van der Waals surface area contributed by atoms with Crippen LogP contribution in [0.1, 0.15) is 16.7 Å². The van der Waals surface area contributed by atoms with Gasteiger partial charge in [-0.15, -0.1) is 11.3 Å². The molecule has 1 aromatic rings. The summed E-state index contributed by atoms with van der Waals surface area (Å²) in [4.78, 5) is 2.68. The Morgan fingerprint density at radius 2 is 2.20 bits per heavy atom. The summed E-state index contributed by atoms with van der Waals surface area (Å²) in [6.45, 7) is 4.45. The van der Waals surface area contributed by atoms with Gasteiger partial charge in [-0.25, -0.2) is 0 Å². The average molecular weight is 229 g/mol. The molecule has 3 N–H and O–H groups in total. The first-order valence-electron chi connectivity index (χ1n) is 5.19. The molecule has 0 radical (unpaired) electrons. The van der Waals surface area contributed by atoms with Crippen molar-refractivity contribution in [3.05, 3.63) is 21.9 Å². The van der Waals surface area contributed by atoms with E-state index in [9.17, 15) is 0 Å². The second-order valence-corrected chi connectivity index (χ2v) is 5.23. The predicted molar refractivity (Wildman–Crippen MR) is 63.3 cm³/mol. The lowest BCUT2D eigenvalue weighted by molar-refractivity contribution is 0.0924. The molecule has 0 spiro atoms. The Morgan fingerprint density at radius 3 is 2.73 bits per heavy atom. The van der Waals surface area contributed by atoms with Gasteiger partial charge in [0.15, 0.2) is 0 Å². The van der Waals surface area contributed by atoms with E-state index in [2.05, 4.69) is 31.3 Å². The highest BCUT2D eigenvalue weighted by molar-refractivity contribution is 7.11. The van der Waals surface area contributed by atoms with E-state index in [4.69, 9.17) is 10.2 Å². The zero-order valence-corrected chi connectivity index (χ0v) is 10.0. The molecule has 0 bridgehead atoms. The predicted octanol–water partition coefficient (Wildman–Crippen LogP) is 0.930. The third-order valence-electron chi connectivity index (χ3n) is 2.22. The lowest BCUT2D eigenvalue weighted by Crippen LogP contribution is -2.36. The fourth-order valence-corrected chi connectivity index (χ4v) is 2.39. The number of rotatable bonds is 6. The summed E-state index contributed by atoms with van der Waals surface area (Å²) >= 11 is 1.80. The molecule has 0 fully saturated rings. The molecule has 3 nitrogen and oxygen atoms in total. The molecule has 0 saturated heterocycles. The number of nitrogens with one attached hydrogen (secondary N) is 1. The molecule has 1 heterocycles. The molecule has 1 rings (SSSR count). The molecule has 1 unspecified atom stereocenters. The first kappa shape index (κ1) is 12.6. The highest BCUT2D eigenvalue weighted by Crippen LogP contribution is 2.16. The topological polar surface area (TPSA) is 52.5 Å². The van der Waals surface area contributed by atoms with Crippen LogP contribution in [-0.4, -0.2) is 35.5 Å². The molecule has 15 heavy (non-hydrogen) atoms. The molecule has 0 aliphatic rings. The van der Waals surface area contributed by atoms with Crippen LogP contribution in [0.15, 0.2) is 12.1 Å². The number of aliphatic hydroxyl groups excluding tert-OH is 2. The SMILES string of the molecule is Cc1ccc(CC(C)NC[C@H](O)CO)s1. The minimum absolute atomic E-state index is 0.183. The molecule has 0 aliphatic carbocycles. The summed E-state index contributed by atoms with van der Waals surface area (Å²) < 4.78 is 0. The number of aliphatic hydroxyl groups is 2. The fraction of sp³-hybridized carbons (Fsp3) is 0.636. The van der Waals surface area contributed by atoms with Crippen LogP contribution < -0.4 is 5.32 Å². The van der Waals surface area contributed by atoms with Crippen molar-refractivity contribution >= 4 is 11.3 Å². The molecule has 0 saturated carbocycles. The van der Waals surface area contributed by atoms with E-state index in [-0.39, 0.29) is 6.61 Å². The summed E-state index contributed by atoms with van der Waals surface area (Å²) in [6.07, 6.45) is 0.314. The lowest BCUT2D eigenvalue weighted by Gasteiger charge is -2.15. The van der Waals surface area contributed by atoms with Gasteiger partial charge in [-0.1, -0.05) is 0 Å². The zero-order valence-electron chi connectivity index (χ0n) is 9.23. The maximum absolute atomic E-state index is 9.17. The van der Waals surface area contributed by atoms with Crippen LogP contribution in [0.2, 0.25) is 0 Å². The van der Waals surface area contributed by atoms with Crippen LogP contribution in [0.5, 0.6) is 0 Å². The van der Waals surface area contributed by atoms with Crippen molar-refractivity contribution in [2.75, 3.05) is 13.2 Å². The first-order chi connectivity index (χ1) is 7.11. The standard InChI is InChI=1S/C11H19NO2S/c1-8(12-6-10(14)7-13)5-11-4-3-9(2)15-11/h3-4,8,10,12-14H,5-7H2,1-2H3/t8?,10-/m0/s1. The van der Waals surface area contributed by atoms with E-state index < -0.39 is 6.10 Å². The minimum atomic E-state index is -0.655. The molecule has 2 atom stereocenters. The largest absolute Gasteiger partial charge is 0.394 e. The molecule has 0 aliphatic heterocycles. The maximum atomic E-state index is 9.17. The van der Waals surface area contributed by atoms with Gasteiger partial charge in [-0.2, -0.15) is 0 Å². The van der Waals surface area contributed by atoms with Crippen molar-refractivity contribution < 1.29 is 10.2 Å². The van der Waals surface area contributed by atoms with Crippen LogP contribution in [0.3, 0.4) is 0 Å². The van der Waals surface area contributed by atoms with Gasteiger partial charge < -0.3 is 15.5 Å². The average Bonchev–Trinajstić information content (AvgIpc) is 2.60. The van der Waals surface area contributed by atoms with Crippen LogP contribution in [-0.2, 0) is 6.42 Å². The van der Waals surface area contributed by atoms with Crippen LogP contribution >= 0.6 is 11.3 Å². The second-order valence-electron chi connectivity index (χ2n) is 3.86. The van der Waals surface area contributed by atoms with Crippen LogP contribution in [0, 0.1) is 6.92 Å². The van der Waals surface area contributed by atoms with Gasteiger partial charge in [0.1, 0.15) is 0 Å². The molecule has 86 valence electrons. The number of thiophene rings is 1. The highest BCUT2D eigenvalue weighted by Gasteiger charge is 2.07. The normalized spacial score (nSPS) is 15.2. The summed E-state index contributed by atoms with van der Waals surface area (Å²) in [5.41, 5.74) is 0. The maximum Gasteiger partial charge on any atom is 0.0895 e. The molecular formula is C11H19NO2S. The number of hydrogen-bond donors (Lipinski definition) is 3. The van der Waals surface area contributed by atoms with Gasteiger partial charge in [0, 0.05) is 22.3 Å². The Labute approximate surface area is 94.8 Å². The van der Waals surface area contributed by atoms with E-state index in [0.29, 0.717) is 12.6 Å². The quantitative estimate of drug-likeness (QED) is 0.680. The third-order valence-corrected chi connectivity index (χ3v) is 3.24. The smallest absolute Gasteiger partial charge is 0.0895 e. The second kappa shape index (κ2) is 6.23. The highest BCUT2D eigenvalue weighted by atomic mass is 32.1. The van der Waals surface area contributed by atoms with Gasteiger partial charge >= 0.3 is 0 Å².